The van der Waals surface area contributed by atoms with Crippen LogP contribution in [0.2, 0.25) is 0 Å². The van der Waals surface area contributed by atoms with Gasteiger partial charge in [0.2, 0.25) is 0 Å². The minimum atomic E-state index is -5.38. The van der Waals surface area contributed by atoms with Crippen molar-refractivity contribution in [3.05, 3.63) is 26.4 Å². The second-order valence-corrected chi connectivity index (χ2v) is 4.09. The summed E-state index contributed by atoms with van der Waals surface area (Å²) in [6.45, 7) is 0. The number of hydrogen-bond acceptors (Lipinski definition) is 4. The van der Waals surface area contributed by atoms with E-state index in [0.717, 1.165) is 14.1 Å². The topological polar surface area (TPSA) is 93.3 Å². The van der Waals surface area contributed by atoms with Gasteiger partial charge in [-0.2, -0.15) is 13.2 Å². The van der Waals surface area contributed by atoms with Gasteiger partial charge in [0, 0.05) is 14.1 Å². The van der Waals surface area contributed by atoms with Gasteiger partial charge in [-0.1, -0.05) is 0 Å². The molecule has 0 fully saturated rings. The SMILES string of the molecule is Cn1c2c(c(=O)n(C)c1=O)C(O)(C(F)(F)F)C(=O)N2. The number of carbonyl (C=O) groups excluding carboxylic acids is 1. The fourth-order valence-corrected chi connectivity index (χ4v) is 1.90. The molecule has 1 atom stereocenters. The number of halogens is 3. The number of rotatable bonds is 0. The quantitative estimate of drug-likeness (QED) is 0.623. The zero-order valence-corrected chi connectivity index (χ0v) is 9.70. The summed E-state index contributed by atoms with van der Waals surface area (Å²) in [5.41, 5.74) is -7.45. The molecule has 0 bridgehead atoms. The van der Waals surface area contributed by atoms with Crippen molar-refractivity contribution in [2.24, 2.45) is 14.1 Å². The van der Waals surface area contributed by atoms with Gasteiger partial charge in [-0.05, 0) is 0 Å². The Bertz CT molecular complexity index is 702. The molecule has 1 aromatic rings. The maximum Gasteiger partial charge on any atom is 0.431 e. The van der Waals surface area contributed by atoms with Crippen LogP contribution in [0, 0.1) is 0 Å². The van der Waals surface area contributed by atoms with Gasteiger partial charge < -0.3 is 10.4 Å². The van der Waals surface area contributed by atoms with Crippen LogP contribution in [0.1, 0.15) is 5.56 Å². The minimum Gasteiger partial charge on any atom is -0.368 e. The molecular weight excluding hydrogens is 271 g/mol. The minimum absolute atomic E-state index is 0.385. The van der Waals surface area contributed by atoms with Gasteiger partial charge in [0.05, 0.1) is 0 Å². The number of aliphatic hydroxyl groups is 1. The predicted octanol–water partition coefficient (Wildman–Crippen LogP) is -1.21. The van der Waals surface area contributed by atoms with Crippen molar-refractivity contribution < 1.29 is 23.1 Å². The highest BCUT2D eigenvalue weighted by Gasteiger charge is 2.66. The largest absolute Gasteiger partial charge is 0.431 e. The summed E-state index contributed by atoms with van der Waals surface area (Å²) >= 11 is 0. The molecule has 0 saturated carbocycles. The summed E-state index contributed by atoms with van der Waals surface area (Å²) in [6.07, 6.45) is -5.38. The van der Waals surface area contributed by atoms with E-state index >= 15 is 0 Å². The Balaban J connectivity index is 2.98. The fourth-order valence-electron chi connectivity index (χ4n) is 1.90. The Hall–Kier alpha value is -2.10. The predicted molar refractivity (Wildman–Crippen MR) is 55.5 cm³/mol. The zero-order chi connectivity index (χ0) is 14.7. The number of nitrogens with zero attached hydrogens (tertiary/aromatic N) is 2. The standard InChI is InChI=1S/C9H8F3N3O4/c1-14-4-3(5(16)15(2)7(14)18)8(19,6(17)13-4)9(10,11)12/h19H,1-2H3,(H,13,17). The first-order chi connectivity index (χ1) is 8.53. The Morgan fingerprint density at radius 3 is 2.16 bits per heavy atom. The molecule has 1 aliphatic rings. The number of fused-ring (bicyclic) bond motifs is 1. The van der Waals surface area contributed by atoms with Crippen LogP contribution in [-0.4, -0.2) is 26.3 Å². The second-order valence-electron chi connectivity index (χ2n) is 4.09. The molecule has 2 heterocycles. The molecule has 2 N–H and O–H groups in total. The van der Waals surface area contributed by atoms with E-state index in [0.29, 0.717) is 9.13 Å². The van der Waals surface area contributed by atoms with E-state index in [4.69, 9.17) is 0 Å². The van der Waals surface area contributed by atoms with Crippen molar-refractivity contribution in [1.82, 2.24) is 9.13 Å². The lowest BCUT2D eigenvalue weighted by molar-refractivity contribution is -0.252. The van der Waals surface area contributed by atoms with Crippen molar-refractivity contribution in [3.8, 4) is 0 Å². The molecule has 1 aromatic heterocycles. The van der Waals surface area contributed by atoms with Gasteiger partial charge >= 0.3 is 11.9 Å². The molecule has 2 rings (SSSR count). The number of anilines is 1. The number of amides is 1. The monoisotopic (exact) mass is 279 g/mol. The molecule has 10 heteroatoms. The van der Waals surface area contributed by atoms with E-state index in [1.165, 1.54) is 0 Å². The molecular formula is C9H8F3N3O4. The van der Waals surface area contributed by atoms with Crippen molar-refractivity contribution in [2.75, 3.05) is 5.32 Å². The van der Waals surface area contributed by atoms with Crippen LogP contribution < -0.4 is 16.6 Å². The number of aromatic nitrogens is 2. The molecule has 19 heavy (non-hydrogen) atoms. The Morgan fingerprint density at radius 2 is 1.68 bits per heavy atom. The van der Waals surface area contributed by atoms with Crippen LogP contribution in [0.15, 0.2) is 9.59 Å². The third kappa shape index (κ3) is 1.40. The first kappa shape index (κ1) is 13.3. The maximum atomic E-state index is 12.9. The van der Waals surface area contributed by atoms with Crippen LogP contribution in [0.3, 0.4) is 0 Å². The Morgan fingerprint density at radius 1 is 1.16 bits per heavy atom. The van der Waals surface area contributed by atoms with Crippen molar-refractivity contribution >= 4 is 11.7 Å². The average molecular weight is 279 g/mol. The summed E-state index contributed by atoms with van der Waals surface area (Å²) in [5.74, 6) is -2.47. The molecule has 1 aliphatic heterocycles. The normalized spacial score (nSPS) is 22.3. The number of carbonyl (C=O) groups is 1. The second kappa shape index (κ2) is 3.47. The van der Waals surface area contributed by atoms with Crippen LogP contribution in [0.4, 0.5) is 19.0 Å². The maximum absolute atomic E-state index is 12.9. The molecule has 104 valence electrons. The Labute approximate surface area is 102 Å². The van der Waals surface area contributed by atoms with Crippen molar-refractivity contribution in [1.29, 1.82) is 0 Å². The first-order valence-corrected chi connectivity index (χ1v) is 4.94. The van der Waals surface area contributed by atoms with Crippen molar-refractivity contribution in [3.63, 3.8) is 0 Å². The third-order valence-electron chi connectivity index (χ3n) is 3.00. The van der Waals surface area contributed by atoms with E-state index in [2.05, 4.69) is 0 Å². The van der Waals surface area contributed by atoms with Gasteiger partial charge in [-0.25, -0.2) is 4.79 Å². The fraction of sp³-hybridized carbons (Fsp3) is 0.444. The molecule has 1 unspecified atom stereocenters. The van der Waals surface area contributed by atoms with Gasteiger partial charge in [-0.3, -0.25) is 18.7 Å². The van der Waals surface area contributed by atoms with Crippen LogP contribution >= 0.6 is 0 Å². The molecule has 0 aromatic carbocycles. The molecule has 0 radical (unpaired) electrons. The highest BCUT2D eigenvalue weighted by molar-refractivity contribution is 6.04. The van der Waals surface area contributed by atoms with Crippen LogP contribution in [0.25, 0.3) is 0 Å². The Kier molecular flexibility index (Phi) is 2.43. The van der Waals surface area contributed by atoms with E-state index in [1.807, 2.05) is 0 Å². The summed E-state index contributed by atoms with van der Waals surface area (Å²) in [7, 11) is 2.02. The van der Waals surface area contributed by atoms with Gasteiger partial charge in [0.1, 0.15) is 11.4 Å². The molecule has 0 saturated heterocycles. The van der Waals surface area contributed by atoms with E-state index in [9.17, 15) is 32.7 Å². The molecule has 0 spiro atoms. The summed E-state index contributed by atoms with van der Waals surface area (Å²) in [4.78, 5) is 34.6. The highest BCUT2D eigenvalue weighted by Crippen LogP contribution is 2.44. The molecule has 7 nitrogen and oxygen atoms in total. The lowest BCUT2D eigenvalue weighted by Crippen LogP contribution is -2.51. The first-order valence-electron chi connectivity index (χ1n) is 4.94. The van der Waals surface area contributed by atoms with Gasteiger partial charge in [0.15, 0.2) is 0 Å². The lowest BCUT2D eigenvalue weighted by Gasteiger charge is -2.23. The summed E-state index contributed by atoms with van der Waals surface area (Å²) < 4.78 is 39.7. The summed E-state index contributed by atoms with van der Waals surface area (Å²) in [6, 6.07) is 0. The molecule has 0 aliphatic carbocycles. The molecule has 1 amide bonds. The van der Waals surface area contributed by atoms with E-state index < -0.39 is 40.3 Å². The third-order valence-corrected chi connectivity index (χ3v) is 3.00. The van der Waals surface area contributed by atoms with Crippen LogP contribution in [0.5, 0.6) is 0 Å². The van der Waals surface area contributed by atoms with E-state index in [-0.39, 0.29) is 0 Å². The van der Waals surface area contributed by atoms with E-state index in [1.54, 1.807) is 5.32 Å². The summed E-state index contributed by atoms with van der Waals surface area (Å²) in [5, 5.41) is 11.3. The lowest BCUT2D eigenvalue weighted by atomic mass is 9.97. The number of alkyl halides is 3. The zero-order valence-electron chi connectivity index (χ0n) is 9.70. The average Bonchev–Trinajstić information content (AvgIpc) is 2.58. The number of hydrogen-bond donors (Lipinski definition) is 2. The smallest absolute Gasteiger partial charge is 0.368 e. The van der Waals surface area contributed by atoms with Gasteiger partial charge in [-0.15, -0.1) is 0 Å². The van der Waals surface area contributed by atoms with Crippen molar-refractivity contribution in [2.45, 2.75) is 11.8 Å². The van der Waals surface area contributed by atoms with Gasteiger partial charge in [0.25, 0.3) is 17.1 Å². The van der Waals surface area contributed by atoms with Crippen LogP contribution in [-0.2, 0) is 24.5 Å². The number of nitrogens with one attached hydrogen (secondary N) is 1. The highest BCUT2D eigenvalue weighted by atomic mass is 19.4.